The molecule has 0 saturated carbocycles. The van der Waals surface area contributed by atoms with Gasteiger partial charge in [-0.25, -0.2) is 13.2 Å². The summed E-state index contributed by atoms with van der Waals surface area (Å²) < 4.78 is 40.7. The zero-order valence-electron chi connectivity index (χ0n) is 12.8. The summed E-state index contributed by atoms with van der Waals surface area (Å²) >= 11 is 0. The van der Waals surface area contributed by atoms with E-state index in [0.717, 1.165) is 25.5 Å². The van der Waals surface area contributed by atoms with Crippen molar-refractivity contribution in [1.82, 2.24) is 5.32 Å². The van der Waals surface area contributed by atoms with E-state index in [1.54, 1.807) is 0 Å². The number of anilines is 1. The van der Waals surface area contributed by atoms with E-state index in [-0.39, 0.29) is 23.7 Å². The molecular formula is C16H23F3N2. The van der Waals surface area contributed by atoms with Crippen LogP contribution < -0.4 is 10.2 Å². The third-order valence-corrected chi connectivity index (χ3v) is 4.14. The number of nitrogens with one attached hydrogen (secondary N) is 1. The van der Waals surface area contributed by atoms with E-state index < -0.39 is 17.5 Å². The largest absolute Gasteiger partial charge is 0.363 e. The number of piperazine rings is 1. The summed E-state index contributed by atoms with van der Waals surface area (Å²) in [7, 11) is 0. The lowest BCUT2D eigenvalue weighted by Crippen LogP contribution is -2.58. The lowest BCUT2D eigenvalue weighted by molar-refractivity contribution is 0.324. The van der Waals surface area contributed by atoms with Gasteiger partial charge in [0.25, 0.3) is 0 Å². The highest BCUT2D eigenvalue weighted by Gasteiger charge is 2.31. The molecule has 1 N–H and O–H groups in total. The number of benzene rings is 1. The molecule has 118 valence electrons. The maximum Gasteiger partial charge on any atom is 0.161 e. The molecule has 2 unspecified atom stereocenters. The Morgan fingerprint density at radius 3 is 2.48 bits per heavy atom. The van der Waals surface area contributed by atoms with Gasteiger partial charge in [-0.15, -0.1) is 0 Å². The van der Waals surface area contributed by atoms with Crippen LogP contribution in [0.5, 0.6) is 0 Å². The molecule has 0 aromatic heterocycles. The van der Waals surface area contributed by atoms with Crippen molar-refractivity contribution in [3.05, 3.63) is 29.6 Å². The van der Waals surface area contributed by atoms with E-state index in [9.17, 15) is 13.2 Å². The van der Waals surface area contributed by atoms with Crippen LogP contribution in [-0.4, -0.2) is 25.2 Å². The maximum absolute atomic E-state index is 14.1. The average Bonchev–Trinajstić information content (AvgIpc) is 2.43. The molecule has 21 heavy (non-hydrogen) atoms. The SMILES string of the molecule is CCCC1CN(c2cc(F)c(F)cc2F)C(C(C)C)CN1. The minimum absolute atomic E-state index is 0.0671. The van der Waals surface area contributed by atoms with Crippen molar-refractivity contribution < 1.29 is 13.2 Å². The highest BCUT2D eigenvalue weighted by molar-refractivity contribution is 5.50. The quantitative estimate of drug-likeness (QED) is 0.853. The number of hydrogen-bond acceptors (Lipinski definition) is 2. The third-order valence-electron chi connectivity index (χ3n) is 4.14. The Morgan fingerprint density at radius 1 is 1.19 bits per heavy atom. The molecule has 1 saturated heterocycles. The molecule has 1 heterocycles. The molecule has 5 heteroatoms. The molecule has 0 aliphatic carbocycles. The lowest BCUT2D eigenvalue weighted by atomic mass is 9.96. The zero-order chi connectivity index (χ0) is 15.6. The van der Waals surface area contributed by atoms with Crippen LogP contribution >= 0.6 is 0 Å². The number of hydrogen-bond donors (Lipinski definition) is 1. The molecule has 0 spiro atoms. The van der Waals surface area contributed by atoms with Gasteiger partial charge in [0, 0.05) is 37.3 Å². The van der Waals surface area contributed by atoms with Crippen molar-refractivity contribution in [1.29, 1.82) is 0 Å². The molecule has 2 rings (SSSR count). The van der Waals surface area contributed by atoms with Gasteiger partial charge in [-0.3, -0.25) is 0 Å². The molecule has 2 nitrogen and oxygen atoms in total. The molecular weight excluding hydrogens is 277 g/mol. The van der Waals surface area contributed by atoms with Gasteiger partial charge in [0.05, 0.1) is 5.69 Å². The summed E-state index contributed by atoms with van der Waals surface area (Å²) in [5.74, 6) is -2.55. The topological polar surface area (TPSA) is 15.3 Å². The summed E-state index contributed by atoms with van der Waals surface area (Å²) in [4.78, 5) is 1.89. The number of nitrogens with zero attached hydrogens (tertiary/aromatic N) is 1. The van der Waals surface area contributed by atoms with Crippen LogP contribution in [0.3, 0.4) is 0 Å². The smallest absolute Gasteiger partial charge is 0.161 e. The Morgan fingerprint density at radius 2 is 1.86 bits per heavy atom. The van der Waals surface area contributed by atoms with Gasteiger partial charge in [-0.1, -0.05) is 27.2 Å². The Bertz CT molecular complexity index is 491. The standard InChI is InChI=1S/C16H23F3N2/c1-4-5-11-9-21(16(8-20-11)10(2)3)15-7-13(18)12(17)6-14(15)19/h6-7,10-11,16,20H,4-5,8-9H2,1-3H3. The van der Waals surface area contributed by atoms with Crippen molar-refractivity contribution in [3.63, 3.8) is 0 Å². The van der Waals surface area contributed by atoms with Gasteiger partial charge >= 0.3 is 0 Å². The molecule has 1 aromatic rings. The Balaban J connectivity index is 2.33. The Kier molecular flexibility index (Phi) is 5.14. The van der Waals surface area contributed by atoms with Crippen LogP contribution in [0.1, 0.15) is 33.6 Å². The second kappa shape index (κ2) is 6.69. The monoisotopic (exact) mass is 300 g/mol. The molecule has 2 atom stereocenters. The van der Waals surface area contributed by atoms with E-state index in [2.05, 4.69) is 26.1 Å². The molecule has 0 amide bonds. The molecule has 1 fully saturated rings. The number of rotatable bonds is 4. The minimum atomic E-state index is -1.14. The molecule has 1 aliphatic rings. The minimum Gasteiger partial charge on any atom is -0.363 e. The van der Waals surface area contributed by atoms with Crippen molar-refractivity contribution in [2.45, 2.75) is 45.7 Å². The van der Waals surface area contributed by atoms with Crippen LogP contribution in [0.4, 0.5) is 18.9 Å². The first-order valence-corrected chi connectivity index (χ1v) is 7.58. The van der Waals surface area contributed by atoms with E-state index in [4.69, 9.17) is 0 Å². The molecule has 1 aliphatic heterocycles. The second-order valence-electron chi connectivity index (χ2n) is 6.08. The van der Waals surface area contributed by atoms with Crippen molar-refractivity contribution in [2.24, 2.45) is 5.92 Å². The van der Waals surface area contributed by atoms with Gasteiger partial charge < -0.3 is 10.2 Å². The fourth-order valence-electron chi connectivity index (χ4n) is 2.98. The van der Waals surface area contributed by atoms with Gasteiger partial charge in [0.15, 0.2) is 11.6 Å². The van der Waals surface area contributed by atoms with E-state index in [1.165, 1.54) is 0 Å². The molecule has 0 bridgehead atoms. The lowest BCUT2D eigenvalue weighted by Gasteiger charge is -2.44. The van der Waals surface area contributed by atoms with Gasteiger partial charge in [0.2, 0.25) is 0 Å². The maximum atomic E-state index is 14.1. The molecule has 1 aromatic carbocycles. The first-order chi connectivity index (χ1) is 9.93. The fraction of sp³-hybridized carbons (Fsp3) is 0.625. The zero-order valence-corrected chi connectivity index (χ0v) is 12.8. The molecule has 0 radical (unpaired) electrons. The third kappa shape index (κ3) is 3.51. The summed E-state index contributed by atoms with van der Waals surface area (Å²) in [5.41, 5.74) is 0.162. The fourth-order valence-corrected chi connectivity index (χ4v) is 2.98. The van der Waals surface area contributed by atoms with Crippen LogP contribution in [0.2, 0.25) is 0 Å². The predicted molar refractivity (Wildman–Crippen MR) is 79.0 cm³/mol. The highest BCUT2D eigenvalue weighted by Crippen LogP contribution is 2.29. The van der Waals surface area contributed by atoms with Gasteiger partial charge in [-0.2, -0.15) is 0 Å². The predicted octanol–water partition coefficient (Wildman–Crippen LogP) is 3.71. The van der Waals surface area contributed by atoms with Crippen LogP contribution in [-0.2, 0) is 0 Å². The summed E-state index contributed by atoms with van der Waals surface area (Å²) in [6, 6.07) is 1.93. The van der Waals surface area contributed by atoms with Gasteiger partial charge in [-0.05, 0) is 12.3 Å². The first-order valence-electron chi connectivity index (χ1n) is 7.58. The van der Waals surface area contributed by atoms with E-state index in [0.29, 0.717) is 12.6 Å². The van der Waals surface area contributed by atoms with Crippen LogP contribution in [0.15, 0.2) is 12.1 Å². The average molecular weight is 300 g/mol. The van der Waals surface area contributed by atoms with E-state index >= 15 is 0 Å². The number of halogens is 3. The first kappa shape index (κ1) is 16.1. The summed E-state index contributed by atoms with van der Waals surface area (Å²) in [5, 5.41) is 3.46. The highest BCUT2D eigenvalue weighted by atomic mass is 19.2. The normalized spacial score (nSPS) is 22.9. The Labute approximate surface area is 124 Å². The van der Waals surface area contributed by atoms with Crippen molar-refractivity contribution in [2.75, 3.05) is 18.0 Å². The van der Waals surface area contributed by atoms with Crippen molar-refractivity contribution >= 4 is 5.69 Å². The summed E-state index contributed by atoms with van der Waals surface area (Å²) in [6.07, 6.45) is 2.00. The summed E-state index contributed by atoms with van der Waals surface area (Å²) in [6.45, 7) is 7.53. The van der Waals surface area contributed by atoms with Gasteiger partial charge in [0.1, 0.15) is 5.82 Å². The second-order valence-corrected chi connectivity index (χ2v) is 6.08. The van der Waals surface area contributed by atoms with Crippen LogP contribution in [0, 0.1) is 23.4 Å². The van der Waals surface area contributed by atoms with Crippen LogP contribution in [0.25, 0.3) is 0 Å². The Hall–Kier alpha value is -1.23. The van der Waals surface area contributed by atoms with Crippen molar-refractivity contribution in [3.8, 4) is 0 Å². The van der Waals surface area contributed by atoms with E-state index in [1.807, 2.05) is 4.90 Å².